The summed E-state index contributed by atoms with van der Waals surface area (Å²) >= 11 is 0. The largest absolute Gasteiger partial charge is 0.369 e. The van der Waals surface area contributed by atoms with Gasteiger partial charge in [0.15, 0.2) is 5.79 Å². The first kappa shape index (κ1) is 7.94. The summed E-state index contributed by atoms with van der Waals surface area (Å²) in [4.78, 5) is 10.6. The molecule has 0 aromatic rings. The third-order valence-electron chi connectivity index (χ3n) is 1.55. The van der Waals surface area contributed by atoms with E-state index in [2.05, 4.69) is 0 Å². The van der Waals surface area contributed by atoms with Gasteiger partial charge in [-0.25, -0.2) is 4.39 Å². The molecule has 0 spiro atoms. The molecule has 0 radical (unpaired) electrons. The van der Waals surface area contributed by atoms with Crippen molar-refractivity contribution in [2.75, 3.05) is 0 Å². The molecule has 0 aromatic heterocycles. The molecule has 0 heterocycles. The molecular weight excluding hydrogens is 147 g/mol. The summed E-state index contributed by atoms with van der Waals surface area (Å²) in [6.45, 7) is 0. The molecule has 1 aliphatic carbocycles. The molecule has 0 aliphatic heterocycles. The summed E-state index contributed by atoms with van der Waals surface area (Å²) in [5.41, 5.74) is 10.0. The van der Waals surface area contributed by atoms with Gasteiger partial charge in [0.1, 0.15) is 5.92 Å². The Morgan fingerprint density at radius 3 is 2.55 bits per heavy atom. The molecule has 4 heteroatoms. The van der Waals surface area contributed by atoms with Crippen molar-refractivity contribution < 1.29 is 9.18 Å². The van der Waals surface area contributed by atoms with Crippen molar-refractivity contribution in [2.24, 2.45) is 17.4 Å². The smallest absolute Gasteiger partial charge is 0.229 e. The Kier molecular flexibility index (Phi) is 1.78. The number of carbonyl (C=O) groups excluding carboxylic acids is 1. The molecule has 0 saturated carbocycles. The first-order valence-corrected chi connectivity index (χ1v) is 3.17. The van der Waals surface area contributed by atoms with Gasteiger partial charge in [0.05, 0.1) is 0 Å². The van der Waals surface area contributed by atoms with Gasteiger partial charge in [0, 0.05) is 0 Å². The number of nitrogens with two attached hydrogens (primary N) is 2. The Labute approximate surface area is 63.6 Å². The van der Waals surface area contributed by atoms with Crippen molar-refractivity contribution >= 4 is 5.91 Å². The molecule has 0 saturated heterocycles. The van der Waals surface area contributed by atoms with E-state index in [1.165, 1.54) is 12.2 Å². The second-order valence-electron chi connectivity index (χ2n) is 2.45. The number of hydrogen-bond donors (Lipinski definition) is 2. The van der Waals surface area contributed by atoms with E-state index in [-0.39, 0.29) is 0 Å². The zero-order valence-corrected chi connectivity index (χ0v) is 5.83. The molecule has 4 N–H and O–H groups in total. The van der Waals surface area contributed by atoms with Gasteiger partial charge in [-0.05, 0) is 6.08 Å². The number of hydrogen-bond acceptors (Lipinski definition) is 2. The van der Waals surface area contributed by atoms with Crippen LogP contribution in [0.2, 0.25) is 0 Å². The Bertz CT molecular complexity index is 233. The summed E-state index contributed by atoms with van der Waals surface area (Å²) < 4.78 is 13.1. The Hall–Kier alpha value is -1.16. The van der Waals surface area contributed by atoms with Crippen LogP contribution in [-0.2, 0) is 4.79 Å². The van der Waals surface area contributed by atoms with Crippen LogP contribution >= 0.6 is 0 Å². The average Bonchev–Trinajstić information content (AvgIpc) is 1.85. The molecule has 1 rings (SSSR count). The number of halogens is 1. The highest BCUT2D eigenvalue weighted by Gasteiger charge is 2.35. The molecule has 3 nitrogen and oxygen atoms in total. The van der Waals surface area contributed by atoms with E-state index >= 15 is 0 Å². The van der Waals surface area contributed by atoms with Gasteiger partial charge in [-0.1, -0.05) is 18.2 Å². The van der Waals surface area contributed by atoms with Crippen LogP contribution in [0.15, 0.2) is 24.3 Å². The van der Waals surface area contributed by atoms with Gasteiger partial charge in [0.2, 0.25) is 5.91 Å². The number of allylic oxidation sites excluding steroid dienone is 2. The third kappa shape index (κ3) is 1.46. The summed E-state index contributed by atoms with van der Waals surface area (Å²) in [6.07, 6.45) is 5.45. The first-order chi connectivity index (χ1) is 5.04. The summed E-state index contributed by atoms with van der Waals surface area (Å²) in [5, 5.41) is 0. The topological polar surface area (TPSA) is 69.1 Å². The number of carbonyl (C=O) groups is 1. The lowest BCUT2D eigenvalue weighted by Crippen LogP contribution is -2.47. The lowest BCUT2D eigenvalue weighted by molar-refractivity contribution is -0.123. The number of alkyl halides is 1. The normalized spacial score (nSPS) is 35.6. The first-order valence-electron chi connectivity index (χ1n) is 3.17. The fraction of sp³-hybridized carbons (Fsp3) is 0.286. The van der Waals surface area contributed by atoms with Gasteiger partial charge >= 0.3 is 0 Å². The highest BCUT2D eigenvalue weighted by Crippen LogP contribution is 2.22. The Morgan fingerprint density at radius 1 is 1.55 bits per heavy atom. The molecule has 0 fully saturated rings. The molecule has 2 atom stereocenters. The maximum atomic E-state index is 13.1. The van der Waals surface area contributed by atoms with Crippen LogP contribution in [0.25, 0.3) is 0 Å². The lowest BCUT2D eigenvalue weighted by Gasteiger charge is -2.23. The zero-order valence-electron chi connectivity index (χ0n) is 5.83. The van der Waals surface area contributed by atoms with E-state index in [9.17, 15) is 9.18 Å². The molecule has 2 unspecified atom stereocenters. The van der Waals surface area contributed by atoms with Crippen molar-refractivity contribution in [1.29, 1.82) is 0 Å². The van der Waals surface area contributed by atoms with Crippen LogP contribution < -0.4 is 11.5 Å². The van der Waals surface area contributed by atoms with E-state index in [1.807, 2.05) is 0 Å². The van der Waals surface area contributed by atoms with Crippen LogP contribution in [0.1, 0.15) is 0 Å². The van der Waals surface area contributed by atoms with Crippen molar-refractivity contribution in [3.05, 3.63) is 24.3 Å². The monoisotopic (exact) mass is 156 g/mol. The van der Waals surface area contributed by atoms with E-state index in [4.69, 9.17) is 11.5 Å². The van der Waals surface area contributed by atoms with Crippen LogP contribution in [-0.4, -0.2) is 11.7 Å². The van der Waals surface area contributed by atoms with Gasteiger partial charge < -0.3 is 5.73 Å². The predicted molar refractivity (Wildman–Crippen MR) is 39.0 cm³/mol. The average molecular weight is 156 g/mol. The maximum Gasteiger partial charge on any atom is 0.229 e. The van der Waals surface area contributed by atoms with E-state index in [0.29, 0.717) is 0 Å². The lowest BCUT2D eigenvalue weighted by atomic mass is 9.93. The minimum atomic E-state index is -2.12. The molecular formula is C7H9FN2O. The summed E-state index contributed by atoms with van der Waals surface area (Å²) in [5.74, 6) is -3.93. The third-order valence-corrected chi connectivity index (χ3v) is 1.55. The molecule has 0 bridgehead atoms. The predicted octanol–water partition coefficient (Wildman–Crippen LogP) is -0.162. The van der Waals surface area contributed by atoms with Gasteiger partial charge in [0.25, 0.3) is 0 Å². The Balaban J connectivity index is 2.89. The Morgan fingerprint density at radius 2 is 2.18 bits per heavy atom. The fourth-order valence-corrected chi connectivity index (χ4v) is 0.942. The zero-order chi connectivity index (χ0) is 8.48. The fourth-order valence-electron chi connectivity index (χ4n) is 0.942. The van der Waals surface area contributed by atoms with Gasteiger partial charge in [-0.2, -0.15) is 0 Å². The number of amides is 1. The number of rotatable bonds is 1. The highest BCUT2D eigenvalue weighted by atomic mass is 19.1. The van der Waals surface area contributed by atoms with Gasteiger partial charge in [-0.15, -0.1) is 0 Å². The molecule has 1 aliphatic rings. The van der Waals surface area contributed by atoms with E-state index in [0.717, 1.165) is 6.08 Å². The van der Waals surface area contributed by atoms with Crippen LogP contribution in [0.5, 0.6) is 0 Å². The van der Waals surface area contributed by atoms with Gasteiger partial charge in [-0.3, -0.25) is 10.5 Å². The van der Waals surface area contributed by atoms with Crippen LogP contribution in [0.4, 0.5) is 4.39 Å². The van der Waals surface area contributed by atoms with Crippen molar-refractivity contribution in [3.8, 4) is 0 Å². The minimum absolute atomic E-state index is 0.754. The summed E-state index contributed by atoms with van der Waals surface area (Å²) in [6, 6.07) is 0. The quantitative estimate of drug-likeness (QED) is 0.518. The van der Waals surface area contributed by atoms with Crippen molar-refractivity contribution in [3.63, 3.8) is 0 Å². The molecule has 11 heavy (non-hydrogen) atoms. The molecule has 0 aromatic carbocycles. The number of primary amides is 1. The van der Waals surface area contributed by atoms with Crippen molar-refractivity contribution in [2.45, 2.75) is 5.79 Å². The summed E-state index contributed by atoms with van der Waals surface area (Å²) in [7, 11) is 0. The second-order valence-corrected chi connectivity index (χ2v) is 2.45. The van der Waals surface area contributed by atoms with Crippen molar-refractivity contribution in [1.82, 2.24) is 0 Å². The minimum Gasteiger partial charge on any atom is -0.369 e. The second kappa shape index (κ2) is 2.47. The molecule has 1 amide bonds. The standard InChI is InChI=1S/C7H9FN2O/c8-7(10)4-2-1-3-5(7)6(9)11/h1-5H,10H2,(H2,9,11). The SMILES string of the molecule is NC(=O)C1C=CC=CC1(N)F. The molecule has 60 valence electrons. The van der Waals surface area contributed by atoms with E-state index in [1.54, 1.807) is 6.08 Å². The highest BCUT2D eigenvalue weighted by molar-refractivity contribution is 5.80. The van der Waals surface area contributed by atoms with E-state index < -0.39 is 17.6 Å². The maximum absolute atomic E-state index is 13.1. The van der Waals surface area contributed by atoms with Crippen LogP contribution in [0, 0.1) is 5.92 Å². The van der Waals surface area contributed by atoms with Crippen LogP contribution in [0.3, 0.4) is 0 Å².